The Bertz CT molecular complexity index is 939. The molecule has 0 unspecified atom stereocenters. The highest BCUT2D eigenvalue weighted by Gasteiger charge is 2.31. The van der Waals surface area contributed by atoms with Crippen LogP contribution in [0.2, 0.25) is 0 Å². The van der Waals surface area contributed by atoms with Crippen LogP contribution in [0, 0.1) is 11.6 Å². The van der Waals surface area contributed by atoms with Crippen LogP contribution < -0.4 is 5.32 Å². The Kier molecular flexibility index (Phi) is 6.53. The summed E-state index contributed by atoms with van der Waals surface area (Å²) in [5.74, 6) is 1.02. The average Bonchev–Trinajstić information content (AvgIpc) is 3.12. The molecule has 0 bridgehead atoms. The number of benzene rings is 1. The highest BCUT2D eigenvalue weighted by atomic mass is 32.2. The topological polar surface area (TPSA) is 50.2 Å². The molecule has 8 heteroatoms. The van der Waals surface area contributed by atoms with Gasteiger partial charge in [-0.05, 0) is 37.5 Å². The van der Waals surface area contributed by atoms with E-state index in [0.717, 1.165) is 60.8 Å². The van der Waals surface area contributed by atoms with Crippen molar-refractivity contribution >= 4 is 17.7 Å². The maximum atomic E-state index is 13.9. The van der Waals surface area contributed by atoms with E-state index in [1.807, 2.05) is 21.3 Å². The zero-order chi connectivity index (χ0) is 21.1. The number of aromatic nitrogens is 2. The van der Waals surface area contributed by atoms with Gasteiger partial charge in [0.1, 0.15) is 11.6 Å². The summed E-state index contributed by atoms with van der Waals surface area (Å²) in [6, 6.07) is 3.57. The summed E-state index contributed by atoms with van der Waals surface area (Å²) in [7, 11) is 0. The van der Waals surface area contributed by atoms with Crippen molar-refractivity contribution in [2.45, 2.75) is 38.4 Å². The minimum Gasteiger partial charge on any atom is -0.336 e. The van der Waals surface area contributed by atoms with E-state index in [2.05, 4.69) is 17.0 Å². The van der Waals surface area contributed by atoms with E-state index in [1.54, 1.807) is 6.08 Å². The third kappa shape index (κ3) is 4.44. The fourth-order valence-electron chi connectivity index (χ4n) is 4.16. The van der Waals surface area contributed by atoms with Crippen LogP contribution in [0.1, 0.15) is 33.7 Å². The number of carbonyl (C=O) groups is 1. The second-order valence-corrected chi connectivity index (χ2v) is 8.93. The van der Waals surface area contributed by atoms with Crippen molar-refractivity contribution in [2.24, 2.45) is 0 Å². The van der Waals surface area contributed by atoms with Crippen LogP contribution >= 0.6 is 11.8 Å². The smallest absolute Gasteiger partial charge is 0.274 e. The van der Waals surface area contributed by atoms with E-state index in [9.17, 15) is 13.6 Å². The van der Waals surface area contributed by atoms with E-state index in [-0.39, 0.29) is 18.5 Å². The molecule has 1 aliphatic carbocycles. The molecular weight excluding hydrogens is 406 g/mol. The molecule has 0 spiro atoms. The van der Waals surface area contributed by atoms with Crippen LogP contribution in [0.25, 0.3) is 0 Å². The molecule has 0 saturated carbocycles. The summed E-state index contributed by atoms with van der Waals surface area (Å²) in [5.41, 5.74) is 2.90. The van der Waals surface area contributed by atoms with Gasteiger partial charge < -0.3 is 10.2 Å². The maximum Gasteiger partial charge on any atom is 0.274 e. The Morgan fingerprint density at radius 1 is 1.33 bits per heavy atom. The predicted molar refractivity (Wildman–Crippen MR) is 115 cm³/mol. The molecule has 0 radical (unpaired) electrons. The molecule has 1 aromatic carbocycles. The van der Waals surface area contributed by atoms with Crippen molar-refractivity contribution in [1.82, 2.24) is 20.0 Å². The summed E-state index contributed by atoms with van der Waals surface area (Å²) < 4.78 is 29.3. The lowest BCUT2D eigenvalue weighted by Crippen LogP contribution is -2.39. The fraction of sp³-hybridized carbons (Fsp3) is 0.455. The van der Waals surface area contributed by atoms with Gasteiger partial charge in [-0.15, -0.1) is 6.58 Å². The highest BCUT2D eigenvalue weighted by molar-refractivity contribution is 7.99. The van der Waals surface area contributed by atoms with Gasteiger partial charge in [0.05, 0.1) is 6.54 Å². The fourth-order valence-corrected chi connectivity index (χ4v) is 5.06. The number of rotatable bonds is 6. The van der Waals surface area contributed by atoms with E-state index >= 15 is 0 Å². The molecule has 4 rings (SSSR count). The number of allylic oxidation sites excluding steroid dienone is 1. The number of fused-ring (bicyclic) bond motifs is 1. The van der Waals surface area contributed by atoms with Gasteiger partial charge in [0.2, 0.25) is 0 Å². The monoisotopic (exact) mass is 432 g/mol. The molecule has 1 saturated heterocycles. The van der Waals surface area contributed by atoms with E-state index < -0.39 is 11.6 Å². The summed E-state index contributed by atoms with van der Waals surface area (Å²) in [6.45, 7) is 6.11. The molecule has 2 aromatic rings. The molecule has 160 valence electrons. The molecule has 1 fully saturated rings. The quantitative estimate of drug-likeness (QED) is 0.713. The molecule has 2 heterocycles. The minimum atomic E-state index is -0.447. The first kappa shape index (κ1) is 21.1. The first-order valence-electron chi connectivity index (χ1n) is 10.3. The van der Waals surface area contributed by atoms with E-state index in [0.29, 0.717) is 24.2 Å². The Morgan fingerprint density at radius 3 is 2.90 bits per heavy atom. The lowest BCUT2D eigenvalue weighted by molar-refractivity contribution is 0.0764. The Hall–Kier alpha value is -2.19. The van der Waals surface area contributed by atoms with Crippen LogP contribution in [0.3, 0.4) is 0 Å². The van der Waals surface area contributed by atoms with Crippen molar-refractivity contribution in [1.29, 1.82) is 0 Å². The Labute approximate surface area is 179 Å². The normalized spacial score (nSPS) is 18.9. The van der Waals surface area contributed by atoms with Crippen LogP contribution in [-0.2, 0) is 25.9 Å². The third-order valence-corrected chi connectivity index (χ3v) is 6.68. The summed E-state index contributed by atoms with van der Waals surface area (Å²) in [5, 5.41) is 7.99. The van der Waals surface area contributed by atoms with E-state index in [4.69, 9.17) is 0 Å². The second-order valence-electron chi connectivity index (χ2n) is 7.71. The Balaban J connectivity index is 1.52. The van der Waals surface area contributed by atoms with Crippen LogP contribution in [-0.4, -0.2) is 51.2 Å². The maximum absolute atomic E-state index is 13.9. The number of hydrogen-bond donors (Lipinski definition) is 1. The molecule has 5 nitrogen and oxygen atoms in total. The number of amides is 1. The minimum absolute atomic E-state index is 0.00816. The third-order valence-electron chi connectivity index (χ3n) is 5.74. The first-order chi connectivity index (χ1) is 14.6. The number of nitrogens with one attached hydrogen (secondary N) is 1. The van der Waals surface area contributed by atoms with Gasteiger partial charge >= 0.3 is 0 Å². The molecular formula is C22H26F2N4OS. The largest absolute Gasteiger partial charge is 0.336 e. The zero-order valence-corrected chi connectivity index (χ0v) is 17.7. The van der Waals surface area contributed by atoms with E-state index in [1.165, 1.54) is 6.07 Å². The highest BCUT2D eigenvalue weighted by Crippen LogP contribution is 2.27. The molecule has 1 amide bonds. The number of nitrogens with zero attached hydrogens (tertiary/aromatic N) is 3. The summed E-state index contributed by atoms with van der Waals surface area (Å²) in [4.78, 5) is 15.0. The molecule has 1 aromatic heterocycles. The van der Waals surface area contributed by atoms with Gasteiger partial charge in [-0.3, -0.25) is 9.48 Å². The second kappa shape index (κ2) is 9.31. The van der Waals surface area contributed by atoms with Crippen LogP contribution in [0.4, 0.5) is 8.78 Å². The molecule has 2 aliphatic rings. The van der Waals surface area contributed by atoms with Crippen LogP contribution in [0.15, 0.2) is 30.9 Å². The summed E-state index contributed by atoms with van der Waals surface area (Å²) >= 11 is 1.86. The molecule has 1 atom stereocenters. The lowest BCUT2D eigenvalue weighted by Gasteiger charge is -2.27. The molecule has 1 N–H and O–H groups in total. The van der Waals surface area contributed by atoms with Gasteiger partial charge in [-0.1, -0.05) is 6.08 Å². The average molecular weight is 433 g/mol. The van der Waals surface area contributed by atoms with Gasteiger partial charge in [-0.2, -0.15) is 16.9 Å². The van der Waals surface area contributed by atoms with Gasteiger partial charge in [0.15, 0.2) is 5.69 Å². The van der Waals surface area contributed by atoms with Crippen molar-refractivity contribution in [3.63, 3.8) is 0 Å². The molecule has 30 heavy (non-hydrogen) atoms. The zero-order valence-electron chi connectivity index (χ0n) is 16.9. The Morgan fingerprint density at radius 2 is 2.13 bits per heavy atom. The van der Waals surface area contributed by atoms with Crippen LogP contribution in [0.5, 0.6) is 0 Å². The standard InChI is InChI=1S/C22H26F2N4OS/c1-2-7-28-20-6-4-17(25-14-15-12-16(23)3-5-19(15)24)13-18(20)21(26-28)22(29)27-8-10-30-11-9-27/h2-3,5,12,17,25H,1,4,6-11,13-14H2/t17-/m0/s1. The van der Waals surface area contributed by atoms with Gasteiger partial charge in [-0.25, -0.2) is 8.78 Å². The number of hydrogen-bond acceptors (Lipinski definition) is 4. The van der Waals surface area contributed by atoms with Gasteiger partial charge in [0, 0.05) is 54.0 Å². The SMILES string of the molecule is C=CCn1nc(C(=O)N2CCSCC2)c2c1CC[C@H](NCc1cc(F)ccc1F)C2. The number of carbonyl (C=O) groups excluding carboxylic acids is 1. The predicted octanol–water partition coefficient (Wildman–Crippen LogP) is 3.18. The van der Waals surface area contributed by atoms with Crippen molar-refractivity contribution in [3.05, 3.63) is 65.0 Å². The lowest BCUT2D eigenvalue weighted by atomic mass is 9.90. The van der Waals surface area contributed by atoms with Crippen molar-refractivity contribution in [2.75, 3.05) is 24.6 Å². The van der Waals surface area contributed by atoms with Crippen molar-refractivity contribution < 1.29 is 13.6 Å². The summed E-state index contributed by atoms with van der Waals surface area (Å²) in [6.07, 6.45) is 4.06. The van der Waals surface area contributed by atoms with Crippen molar-refractivity contribution in [3.8, 4) is 0 Å². The number of halogens is 2. The molecule has 1 aliphatic heterocycles. The van der Waals surface area contributed by atoms with Gasteiger partial charge in [0.25, 0.3) is 5.91 Å². The first-order valence-corrected chi connectivity index (χ1v) is 11.5. The number of thioether (sulfide) groups is 1.